The van der Waals surface area contributed by atoms with Crippen molar-refractivity contribution in [3.63, 3.8) is 0 Å². The first-order valence-corrected chi connectivity index (χ1v) is 4.29. The topological polar surface area (TPSA) is 66.4 Å². The van der Waals surface area contributed by atoms with Crippen LogP contribution in [0, 0.1) is 11.8 Å². The zero-order chi connectivity index (χ0) is 8.43. The maximum atomic E-state index is 10.9. The molecule has 0 heterocycles. The average Bonchev–Trinajstić information content (AvgIpc) is 2.63. The first-order chi connectivity index (χ1) is 5.15. The van der Waals surface area contributed by atoms with E-state index in [1.54, 1.807) is 6.08 Å². The second kappa shape index (κ2) is 3.15. The van der Waals surface area contributed by atoms with Crippen LogP contribution in [0.15, 0.2) is 12.7 Å². The number of amides is 1. The van der Waals surface area contributed by atoms with Gasteiger partial charge in [0.1, 0.15) is 0 Å². The lowest BCUT2D eigenvalue weighted by Gasteiger charge is -1.95. The Bertz CT molecular complexity index is 216. The number of hydrogen-bond donors (Lipinski definition) is 2. The van der Waals surface area contributed by atoms with E-state index in [9.17, 15) is 9.00 Å². The molecule has 11 heavy (non-hydrogen) atoms. The Balaban J connectivity index is 2.33. The number of hydrogen-bond acceptors (Lipinski definition) is 2. The summed E-state index contributed by atoms with van der Waals surface area (Å²) in [6, 6.07) is 0. The van der Waals surface area contributed by atoms with Gasteiger partial charge in [0.2, 0.25) is 5.91 Å². The zero-order valence-corrected chi connectivity index (χ0v) is 6.63. The summed E-state index contributed by atoms with van der Waals surface area (Å²) in [5.41, 5.74) is 0. The number of carbonyl (C=O) groups is 1. The predicted octanol–water partition coefficient (Wildman–Crippen LogP) is 0.0614. The van der Waals surface area contributed by atoms with Crippen molar-refractivity contribution in [1.29, 1.82) is 0 Å². The molecule has 3 atom stereocenters. The van der Waals surface area contributed by atoms with Crippen LogP contribution in [0.5, 0.6) is 0 Å². The summed E-state index contributed by atoms with van der Waals surface area (Å²) >= 11 is -2.23. The van der Waals surface area contributed by atoms with Gasteiger partial charge in [0, 0.05) is 5.92 Å². The highest BCUT2D eigenvalue weighted by molar-refractivity contribution is 7.77. The number of nitrogens with one attached hydrogen (secondary N) is 1. The van der Waals surface area contributed by atoms with Crippen LogP contribution in [-0.2, 0) is 16.1 Å². The van der Waals surface area contributed by atoms with E-state index >= 15 is 0 Å². The van der Waals surface area contributed by atoms with E-state index in [0.29, 0.717) is 0 Å². The zero-order valence-electron chi connectivity index (χ0n) is 5.82. The van der Waals surface area contributed by atoms with E-state index in [0.717, 1.165) is 6.42 Å². The third kappa shape index (κ3) is 2.13. The second-order valence-corrected chi connectivity index (χ2v) is 3.16. The Kier molecular flexibility index (Phi) is 2.41. The highest BCUT2D eigenvalue weighted by Gasteiger charge is 2.41. The molecule has 1 unspecified atom stereocenters. The van der Waals surface area contributed by atoms with Crippen LogP contribution in [-0.4, -0.2) is 14.7 Å². The van der Waals surface area contributed by atoms with Crippen LogP contribution in [0.3, 0.4) is 0 Å². The van der Waals surface area contributed by atoms with Crippen LogP contribution in [0.25, 0.3) is 0 Å². The van der Waals surface area contributed by atoms with Gasteiger partial charge in [-0.15, -0.1) is 6.58 Å². The lowest BCUT2D eigenvalue weighted by Crippen LogP contribution is -2.26. The summed E-state index contributed by atoms with van der Waals surface area (Å²) in [6.45, 7) is 3.52. The number of rotatable bonds is 3. The third-order valence-electron chi connectivity index (χ3n) is 1.67. The summed E-state index contributed by atoms with van der Waals surface area (Å²) in [5.74, 6) is -0.308. The van der Waals surface area contributed by atoms with Crippen LogP contribution in [0.4, 0.5) is 0 Å². The molecule has 1 saturated carbocycles. The molecule has 1 fully saturated rings. The van der Waals surface area contributed by atoms with Gasteiger partial charge in [0.05, 0.1) is 0 Å². The molecule has 0 aliphatic heterocycles. The maximum absolute atomic E-state index is 10.9. The van der Waals surface area contributed by atoms with Crippen LogP contribution < -0.4 is 4.72 Å². The molecule has 1 aliphatic carbocycles. The third-order valence-corrected chi connectivity index (χ3v) is 2.04. The van der Waals surface area contributed by atoms with E-state index in [-0.39, 0.29) is 17.7 Å². The monoisotopic (exact) mass is 175 g/mol. The van der Waals surface area contributed by atoms with Crippen molar-refractivity contribution in [1.82, 2.24) is 4.72 Å². The molecule has 2 N–H and O–H groups in total. The molecule has 0 spiro atoms. The van der Waals surface area contributed by atoms with Gasteiger partial charge in [-0.3, -0.25) is 14.1 Å². The lowest BCUT2D eigenvalue weighted by molar-refractivity contribution is -0.120. The lowest BCUT2D eigenvalue weighted by atomic mass is 10.3. The standard InChI is InChI=1S/C6H9NO3S/c1-2-4-3-5(4)6(8)7-11(9)10/h2,4-5H,1,3H2,(H,7,8)(H,9,10)/t4-,5+/m1/s1. The molecular formula is C6H9NO3S. The highest BCUT2D eigenvalue weighted by atomic mass is 32.2. The van der Waals surface area contributed by atoms with Gasteiger partial charge in [-0.2, -0.15) is 0 Å². The van der Waals surface area contributed by atoms with Crippen molar-refractivity contribution in [2.45, 2.75) is 6.42 Å². The van der Waals surface area contributed by atoms with Crippen molar-refractivity contribution in [3.05, 3.63) is 12.7 Å². The molecule has 4 nitrogen and oxygen atoms in total. The van der Waals surface area contributed by atoms with Crippen molar-refractivity contribution in [3.8, 4) is 0 Å². The molecule has 1 aliphatic rings. The summed E-state index contributed by atoms with van der Waals surface area (Å²) in [6.07, 6.45) is 2.43. The Labute approximate surface area is 67.1 Å². The van der Waals surface area contributed by atoms with Gasteiger partial charge in [-0.1, -0.05) is 6.08 Å². The molecule has 5 heteroatoms. The minimum absolute atomic E-state index is 0.136. The Morgan fingerprint density at radius 3 is 2.82 bits per heavy atom. The SMILES string of the molecule is C=C[C@@H]1C[C@@H]1C(=O)NS(=O)O. The van der Waals surface area contributed by atoms with Gasteiger partial charge in [0.15, 0.2) is 0 Å². The summed E-state index contributed by atoms with van der Waals surface area (Å²) < 4.78 is 20.3. The van der Waals surface area contributed by atoms with Gasteiger partial charge in [-0.05, 0) is 12.3 Å². The average molecular weight is 175 g/mol. The molecule has 62 valence electrons. The minimum Gasteiger partial charge on any atom is -0.289 e. The van der Waals surface area contributed by atoms with Crippen molar-refractivity contribution in [2.75, 3.05) is 0 Å². The quantitative estimate of drug-likeness (QED) is 0.471. The fourth-order valence-electron chi connectivity index (χ4n) is 0.938. The van der Waals surface area contributed by atoms with E-state index in [1.807, 2.05) is 4.72 Å². The smallest absolute Gasteiger partial charge is 0.261 e. The van der Waals surface area contributed by atoms with Crippen LogP contribution >= 0.6 is 0 Å². The van der Waals surface area contributed by atoms with E-state index in [1.165, 1.54) is 0 Å². The Morgan fingerprint density at radius 1 is 1.82 bits per heavy atom. The molecule has 0 bridgehead atoms. The second-order valence-electron chi connectivity index (χ2n) is 2.46. The van der Waals surface area contributed by atoms with Gasteiger partial charge in [0.25, 0.3) is 11.3 Å². The molecule has 0 aromatic rings. The Morgan fingerprint density at radius 2 is 2.45 bits per heavy atom. The number of carbonyl (C=O) groups excluding carboxylic acids is 1. The van der Waals surface area contributed by atoms with Crippen LogP contribution in [0.1, 0.15) is 6.42 Å². The summed E-state index contributed by atoms with van der Waals surface area (Å²) in [7, 11) is 0. The van der Waals surface area contributed by atoms with Crippen molar-refractivity contribution in [2.24, 2.45) is 11.8 Å². The molecule has 0 radical (unpaired) electrons. The molecule has 0 saturated heterocycles. The van der Waals surface area contributed by atoms with Gasteiger partial charge in [-0.25, -0.2) is 4.21 Å². The summed E-state index contributed by atoms with van der Waals surface area (Å²) in [5, 5.41) is 0. The fraction of sp³-hybridized carbons (Fsp3) is 0.500. The largest absolute Gasteiger partial charge is 0.289 e. The van der Waals surface area contributed by atoms with E-state index in [4.69, 9.17) is 4.55 Å². The van der Waals surface area contributed by atoms with Crippen molar-refractivity contribution >= 4 is 17.2 Å². The Hall–Kier alpha value is -0.680. The molecule has 0 aromatic heterocycles. The minimum atomic E-state index is -2.23. The maximum Gasteiger partial charge on any atom is 0.261 e. The summed E-state index contributed by atoms with van der Waals surface area (Å²) in [4.78, 5) is 10.9. The predicted molar refractivity (Wildman–Crippen MR) is 40.7 cm³/mol. The normalized spacial score (nSPS) is 30.6. The van der Waals surface area contributed by atoms with Gasteiger partial charge < -0.3 is 0 Å². The van der Waals surface area contributed by atoms with E-state index in [2.05, 4.69) is 6.58 Å². The first kappa shape index (κ1) is 8.42. The first-order valence-electron chi connectivity index (χ1n) is 3.19. The molecule has 1 amide bonds. The number of allylic oxidation sites excluding steroid dienone is 1. The molecule has 0 aromatic carbocycles. The fourth-order valence-corrected chi connectivity index (χ4v) is 1.26. The highest BCUT2D eigenvalue weighted by Crippen LogP contribution is 2.39. The van der Waals surface area contributed by atoms with Crippen LogP contribution in [0.2, 0.25) is 0 Å². The van der Waals surface area contributed by atoms with Crippen molar-refractivity contribution < 1.29 is 13.6 Å². The van der Waals surface area contributed by atoms with E-state index < -0.39 is 11.3 Å². The molecule has 1 rings (SSSR count). The van der Waals surface area contributed by atoms with Gasteiger partial charge >= 0.3 is 0 Å². The molecular weight excluding hydrogens is 166 g/mol.